The first-order valence-electron chi connectivity index (χ1n) is 7.49. The van der Waals surface area contributed by atoms with E-state index >= 15 is 0 Å². The van der Waals surface area contributed by atoms with Gasteiger partial charge in [-0.3, -0.25) is 9.69 Å². The summed E-state index contributed by atoms with van der Waals surface area (Å²) in [5.74, 6) is -0.848. The van der Waals surface area contributed by atoms with Gasteiger partial charge in [-0.05, 0) is 36.4 Å². The highest BCUT2D eigenvalue weighted by Gasteiger charge is 2.34. The zero-order chi connectivity index (χ0) is 18.0. The van der Waals surface area contributed by atoms with E-state index in [1.54, 1.807) is 12.1 Å². The van der Waals surface area contributed by atoms with Gasteiger partial charge in [0, 0.05) is 24.5 Å². The summed E-state index contributed by atoms with van der Waals surface area (Å²) in [6, 6.07) is 10.7. The van der Waals surface area contributed by atoms with Gasteiger partial charge in [0.1, 0.15) is 0 Å². The van der Waals surface area contributed by atoms with Crippen LogP contribution in [0.4, 0.5) is 29.3 Å². The maximum Gasteiger partial charge on any atom is 0.417 e. The van der Waals surface area contributed by atoms with Crippen LogP contribution < -0.4 is 15.5 Å². The number of alkyl halides is 3. The minimum atomic E-state index is -4.61. The molecule has 2 N–H and O–H groups in total. The molecule has 1 heterocycles. The van der Waals surface area contributed by atoms with E-state index in [1.807, 2.05) is 0 Å². The number of hydrogen-bond donors (Lipinski definition) is 2. The van der Waals surface area contributed by atoms with Gasteiger partial charge in [0.15, 0.2) is 0 Å². The van der Waals surface area contributed by atoms with Crippen molar-refractivity contribution in [1.82, 2.24) is 5.32 Å². The van der Waals surface area contributed by atoms with Crippen LogP contribution in [0.2, 0.25) is 0 Å². The lowest BCUT2D eigenvalue weighted by atomic mass is 10.1. The largest absolute Gasteiger partial charge is 0.417 e. The first-order valence-corrected chi connectivity index (χ1v) is 7.49. The molecule has 8 heteroatoms. The van der Waals surface area contributed by atoms with Crippen molar-refractivity contribution in [1.29, 1.82) is 0 Å². The Hall–Kier alpha value is -3.03. The predicted molar refractivity (Wildman–Crippen MR) is 86.6 cm³/mol. The summed E-state index contributed by atoms with van der Waals surface area (Å²) in [6.45, 7) is 1.08. The fourth-order valence-corrected chi connectivity index (χ4v) is 2.57. The molecular weight excluding hydrogens is 335 g/mol. The molecule has 1 aliphatic heterocycles. The monoisotopic (exact) mass is 349 g/mol. The Morgan fingerprint density at radius 2 is 1.76 bits per heavy atom. The molecule has 25 heavy (non-hydrogen) atoms. The summed E-state index contributed by atoms with van der Waals surface area (Å²) in [5.41, 5.74) is -0.454. The van der Waals surface area contributed by atoms with E-state index in [1.165, 1.54) is 29.2 Å². The number of benzene rings is 2. The highest BCUT2D eigenvalue weighted by atomic mass is 19.4. The molecule has 0 unspecified atom stereocenters. The second kappa shape index (κ2) is 6.46. The fraction of sp³-hybridized carbons (Fsp3) is 0.176. The van der Waals surface area contributed by atoms with Crippen LogP contribution in [0.25, 0.3) is 0 Å². The molecule has 0 saturated carbocycles. The van der Waals surface area contributed by atoms with Crippen LogP contribution in [0.15, 0.2) is 48.5 Å². The number of carbonyl (C=O) groups excluding carboxylic acids is 2. The van der Waals surface area contributed by atoms with Crippen LogP contribution in [-0.4, -0.2) is 25.0 Å². The molecule has 1 saturated heterocycles. The number of urea groups is 1. The third kappa shape index (κ3) is 3.57. The molecule has 1 aliphatic rings. The van der Waals surface area contributed by atoms with Gasteiger partial charge in [-0.15, -0.1) is 0 Å². The van der Waals surface area contributed by atoms with E-state index in [0.717, 1.165) is 12.1 Å². The van der Waals surface area contributed by atoms with Crippen LogP contribution in [-0.2, 0) is 6.18 Å². The normalized spacial score (nSPS) is 14.4. The number of carbonyl (C=O) groups is 2. The predicted octanol–water partition coefficient (Wildman–Crippen LogP) is 3.49. The van der Waals surface area contributed by atoms with Crippen molar-refractivity contribution in [3.05, 3.63) is 59.7 Å². The lowest BCUT2D eigenvalue weighted by molar-refractivity contribution is -0.137. The second-order valence-corrected chi connectivity index (χ2v) is 5.43. The fourth-order valence-electron chi connectivity index (χ4n) is 2.57. The molecule has 3 rings (SSSR count). The molecule has 3 amide bonds. The van der Waals surface area contributed by atoms with Crippen LogP contribution in [0.1, 0.15) is 15.9 Å². The molecular formula is C17H14F3N3O2. The second-order valence-electron chi connectivity index (χ2n) is 5.43. The Bertz CT molecular complexity index is 804. The van der Waals surface area contributed by atoms with Crippen molar-refractivity contribution in [2.24, 2.45) is 0 Å². The SMILES string of the molecule is O=C(Nc1ccc(N2CCNC2=O)cc1)c1ccccc1C(F)(F)F. The summed E-state index contributed by atoms with van der Waals surface area (Å²) in [6.07, 6.45) is -4.61. The van der Waals surface area contributed by atoms with Gasteiger partial charge in [-0.25, -0.2) is 4.79 Å². The lowest BCUT2D eigenvalue weighted by Crippen LogP contribution is -2.27. The van der Waals surface area contributed by atoms with Gasteiger partial charge >= 0.3 is 12.2 Å². The van der Waals surface area contributed by atoms with Gasteiger partial charge in [0.25, 0.3) is 5.91 Å². The van der Waals surface area contributed by atoms with E-state index in [4.69, 9.17) is 0 Å². The van der Waals surface area contributed by atoms with Crippen LogP contribution in [0.3, 0.4) is 0 Å². The quantitative estimate of drug-likeness (QED) is 0.891. The summed E-state index contributed by atoms with van der Waals surface area (Å²) in [7, 11) is 0. The highest BCUT2D eigenvalue weighted by Crippen LogP contribution is 2.32. The smallest absolute Gasteiger partial charge is 0.336 e. The van der Waals surface area contributed by atoms with Crippen molar-refractivity contribution < 1.29 is 22.8 Å². The molecule has 2 aromatic rings. The van der Waals surface area contributed by atoms with E-state index in [-0.39, 0.29) is 6.03 Å². The lowest BCUT2D eigenvalue weighted by Gasteiger charge is -2.15. The first-order chi connectivity index (χ1) is 11.9. The molecule has 2 aromatic carbocycles. The summed E-state index contributed by atoms with van der Waals surface area (Å²) in [4.78, 5) is 25.3. The molecule has 0 atom stereocenters. The molecule has 0 aromatic heterocycles. The Morgan fingerprint density at radius 3 is 2.36 bits per heavy atom. The number of halogens is 3. The number of hydrogen-bond acceptors (Lipinski definition) is 2. The molecule has 0 aliphatic carbocycles. The Morgan fingerprint density at radius 1 is 1.08 bits per heavy atom. The third-order valence-electron chi connectivity index (χ3n) is 3.77. The Balaban J connectivity index is 1.77. The van der Waals surface area contributed by atoms with Crippen molar-refractivity contribution >= 4 is 23.3 Å². The van der Waals surface area contributed by atoms with Crippen LogP contribution >= 0.6 is 0 Å². The number of nitrogens with zero attached hydrogens (tertiary/aromatic N) is 1. The van der Waals surface area contributed by atoms with Crippen LogP contribution in [0, 0.1) is 0 Å². The van der Waals surface area contributed by atoms with Gasteiger partial charge in [-0.1, -0.05) is 12.1 Å². The average Bonchev–Trinajstić information content (AvgIpc) is 3.01. The average molecular weight is 349 g/mol. The summed E-state index contributed by atoms with van der Waals surface area (Å²) in [5, 5.41) is 5.11. The standard InChI is InChI=1S/C17H14F3N3O2/c18-17(19,20)14-4-2-1-3-13(14)15(24)22-11-5-7-12(8-6-11)23-10-9-21-16(23)25/h1-8H,9-10H2,(H,21,25)(H,22,24). The van der Waals surface area contributed by atoms with E-state index < -0.39 is 23.2 Å². The Kier molecular flexibility index (Phi) is 4.35. The maximum atomic E-state index is 13.0. The van der Waals surface area contributed by atoms with Gasteiger partial charge < -0.3 is 10.6 Å². The number of rotatable bonds is 3. The number of nitrogens with one attached hydrogen (secondary N) is 2. The van der Waals surface area contributed by atoms with E-state index in [0.29, 0.717) is 24.5 Å². The molecule has 0 radical (unpaired) electrons. The zero-order valence-electron chi connectivity index (χ0n) is 12.9. The van der Waals surface area contributed by atoms with E-state index in [9.17, 15) is 22.8 Å². The molecule has 1 fully saturated rings. The Labute approximate surface area is 141 Å². The first kappa shape index (κ1) is 16.8. The van der Waals surface area contributed by atoms with Crippen molar-refractivity contribution in [2.45, 2.75) is 6.18 Å². The molecule has 130 valence electrons. The topological polar surface area (TPSA) is 61.4 Å². The summed E-state index contributed by atoms with van der Waals surface area (Å²) < 4.78 is 39.0. The maximum absolute atomic E-state index is 13.0. The van der Waals surface area contributed by atoms with Crippen molar-refractivity contribution in [3.8, 4) is 0 Å². The molecule has 5 nitrogen and oxygen atoms in total. The van der Waals surface area contributed by atoms with Gasteiger partial charge in [0.05, 0.1) is 11.1 Å². The van der Waals surface area contributed by atoms with Crippen molar-refractivity contribution in [3.63, 3.8) is 0 Å². The van der Waals surface area contributed by atoms with Crippen LogP contribution in [0.5, 0.6) is 0 Å². The van der Waals surface area contributed by atoms with E-state index in [2.05, 4.69) is 10.6 Å². The third-order valence-corrected chi connectivity index (χ3v) is 3.77. The minimum Gasteiger partial charge on any atom is -0.336 e. The molecule has 0 spiro atoms. The number of anilines is 2. The van der Waals surface area contributed by atoms with Crippen molar-refractivity contribution in [2.75, 3.05) is 23.3 Å². The molecule has 0 bridgehead atoms. The van der Waals surface area contributed by atoms with Gasteiger partial charge in [-0.2, -0.15) is 13.2 Å². The van der Waals surface area contributed by atoms with Gasteiger partial charge in [0.2, 0.25) is 0 Å². The summed E-state index contributed by atoms with van der Waals surface area (Å²) >= 11 is 0. The highest BCUT2D eigenvalue weighted by molar-refractivity contribution is 6.05. The zero-order valence-corrected chi connectivity index (χ0v) is 12.9. The number of amides is 3. The minimum absolute atomic E-state index is 0.212.